The molecule has 6 nitrogen and oxygen atoms in total. The molecule has 0 fully saturated rings. The second-order valence-electron chi connectivity index (χ2n) is 10.1. The second-order valence-corrected chi connectivity index (χ2v) is 11.5. The molecular formula is C35H22ClN5OS. The van der Waals surface area contributed by atoms with E-state index in [1.54, 1.807) is 0 Å². The molecule has 0 saturated carbocycles. The average molecular weight is 596 g/mol. The molecule has 0 unspecified atom stereocenters. The van der Waals surface area contributed by atoms with E-state index in [4.69, 9.17) is 26.1 Å². The summed E-state index contributed by atoms with van der Waals surface area (Å²) in [5.41, 5.74) is 5.60. The van der Waals surface area contributed by atoms with Gasteiger partial charge in [-0.25, -0.2) is 4.98 Å². The Morgan fingerprint density at radius 3 is 2.12 bits per heavy atom. The fourth-order valence-corrected chi connectivity index (χ4v) is 6.57. The van der Waals surface area contributed by atoms with Gasteiger partial charge in [0.05, 0.1) is 16.5 Å². The topological polar surface area (TPSA) is 69.1 Å². The lowest BCUT2D eigenvalue weighted by Gasteiger charge is -2.15. The minimum Gasteiger partial charge on any atom is -0.454 e. The molecule has 8 aromatic rings. The van der Waals surface area contributed by atoms with E-state index in [9.17, 15) is 0 Å². The molecule has 0 amide bonds. The maximum Gasteiger partial charge on any atom is 0.235 e. The first kappa shape index (κ1) is 25.6. The van der Waals surface area contributed by atoms with Crippen LogP contribution in [0.1, 0.15) is 22.9 Å². The van der Waals surface area contributed by atoms with Crippen molar-refractivity contribution in [1.29, 1.82) is 0 Å². The van der Waals surface area contributed by atoms with Crippen LogP contribution in [0.4, 0.5) is 0 Å². The molecule has 8 heteroatoms. The van der Waals surface area contributed by atoms with Gasteiger partial charge in [0.25, 0.3) is 0 Å². The highest BCUT2D eigenvalue weighted by molar-refractivity contribution is 7.19. The summed E-state index contributed by atoms with van der Waals surface area (Å²) in [5.74, 6) is 1.99. The maximum atomic E-state index is 6.44. The van der Waals surface area contributed by atoms with Gasteiger partial charge in [0.15, 0.2) is 11.6 Å². The van der Waals surface area contributed by atoms with Crippen molar-refractivity contribution in [2.45, 2.75) is 5.92 Å². The quantitative estimate of drug-likeness (QED) is 0.192. The van der Waals surface area contributed by atoms with Crippen LogP contribution in [0.15, 0.2) is 132 Å². The summed E-state index contributed by atoms with van der Waals surface area (Å²) in [6, 6.07) is 42.3. The molecule has 0 bridgehead atoms. The first-order valence-electron chi connectivity index (χ1n) is 13.8. The summed E-state index contributed by atoms with van der Waals surface area (Å²) >= 11 is 7.95. The Morgan fingerprint density at radius 1 is 0.674 bits per heavy atom. The maximum absolute atomic E-state index is 6.44. The SMILES string of the molecule is Clc1ccccc1-c1ccc(-c2cc(-c3nn4c(C(c5ccccc5)c5ccccc5)nnc4s3)c3ccccc3n2)o1. The zero-order valence-electron chi connectivity index (χ0n) is 22.6. The molecule has 0 saturated heterocycles. The smallest absolute Gasteiger partial charge is 0.235 e. The number of aromatic nitrogens is 5. The highest BCUT2D eigenvalue weighted by atomic mass is 35.5. The van der Waals surface area contributed by atoms with Crippen LogP contribution in [0.25, 0.3) is 49.2 Å². The van der Waals surface area contributed by atoms with Gasteiger partial charge in [-0.3, -0.25) is 0 Å². The third-order valence-corrected chi connectivity index (χ3v) is 8.75. The summed E-state index contributed by atoms with van der Waals surface area (Å²) in [7, 11) is 0. The summed E-state index contributed by atoms with van der Waals surface area (Å²) in [5, 5.41) is 16.8. The third kappa shape index (κ3) is 4.59. The highest BCUT2D eigenvalue weighted by Crippen LogP contribution is 2.38. The Kier molecular flexibility index (Phi) is 6.32. The zero-order valence-corrected chi connectivity index (χ0v) is 24.2. The third-order valence-electron chi connectivity index (χ3n) is 7.48. The number of furan rings is 1. The van der Waals surface area contributed by atoms with E-state index in [1.807, 2.05) is 102 Å². The van der Waals surface area contributed by atoms with Gasteiger partial charge < -0.3 is 4.42 Å². The van der Waals surface area contributed by atoms with Crippen molar-refractivity contribution in [1.82, 2.24) is 24.8 Å². The van der Waals surface area contributed by atoms with Crippen molar-refractivity contribution in [3.63, 3.8) is 0 Å². The number of halogens is 1. The van der Waals surface area contributed by atoms with Crippen LogP contribution in [0.2, 0.25) is 5.02 Å². The van der Waals surface area contributed by atoms with Gasteiger partial charge in [-0.1, -0.05) is 114 Å². The van der Waals surface area contributed by atoms with Crippen LogP contribution in [0.5, 0.6) is 0 Å². The first-order chi connectivity index (χ1) is 21.2. The lowest BCUT2D eigenvalue weighted by Crippen LogP contribution is -2.08. The molecular weight excluding hydrogens is 574 g/mol. The van der Waals surface area contributed by atoms with Gasteiger partial charge in [-0.15, -0.1) is 10.2 Å². The predicted molar refractivity (Wildman–Crippen MR) is 171 cm³/mol. The Bertz CT molecular complexity index is 2180. The Hall–Kier alpha value is -5.11. The van der Waals surface area contributed by atoms with E-state index in [1.165, 1.54) is 11.3 Å². The van der Waals surface area contributed by atoms with Crippen LogP contribution >= 0.6 is 22.9 Å². The largest absolute Gasteiger partial charge is 0.454 e. The van der Waals surface area contributed by atoms with Crippen molar-refractivity contribution in [2.24, 2.45) is 0 Å². The molecule has 0 atom stereocenters. The van der Waals surface area contributed by atoms with Crippen molar-refractivity contribution < 1.29 is 4.42 Å². The predicted octanol–water partition coefficient (Wildman–Crippen LogP) is 9.16. The molecule has 0 aliphatic heterocycles. The minimum absolute atomic E-state index is 0.122. The standard InChI is InChI=1S/C35H22ClN5OS/c36-27-17-9-7-16-25(27)30-19-20-31(42-30)29-21-26(24-15-8-10-18-28(24)37-29)34-40-41-33(38-39-35(41)43-34)32(22-11-3-1-4-12-22)23-13-5-2-6-14-23/h1-21,32H. The zero-order chi connectivity index (χ0) is 28.8. The molecule has 4 aromatic heterocycles. The van der Waals surface area contributed by atoms with E-state index in [0.29, 0.717) is 22.2 Å². The number of benzene rings is 4. The van der Waals surface area contributed by atoms with Gasteiger partial charge in [0, 0.05) is 16.5 Å². The first-order valence-corrected chi connectivity index (χ1v) is 15.0. The summed E-state index contributed by atoms with van der Waals surface area (Å²) < 4.78 is 8.15. The van der Waals surface area contributed by atoms with Gasteiger partial charge in [0.2, 0.25) is 4.96 Å². The molecule has 0 aliphatic rings. The van der Waals surface area contributed by atoms with Crippen LogP contribution < -0.4 is 0 Å². The lowest BCUT2D eigenvalue weighted by atomic mass is 9.91. The number of para-hydroxylation sites is 1. The molecule has 206 valence electrons. The van der Waals surface area contributed by atoms with Crippen molar-refractivity contribution in [3.05, 3.63) is 149 Å². The molecule has 0 radical (unpaired) electrons. The molecule has 0 spiro atoms. The van der Waals surface area contributed by atoms with Crippen LogP contribution in [-0.2, 0) is 0 Å². The van der Waals surface area contributed by atoms with Crippen LogP contribution in [0.3, 0.4) is 0 Å². The monoisotopic (exact) mass is 595 g/mol. The van der Waals surface area contributed by atoms with Crippen molar-refractivity contribution in [2.75, 3.05) is 0 Å². The number of pyridine rings is 1. The van der Waals surface area contributed by atoms with Gasteiger partial charge in [0.1, 0.15) is 16.5 Å². The highest BCUT2D eigenvalue weighted by Gasteiger charge is 2.25. The molecule has 4 aromatic carbocycles. The second kappa shape index (κ2) is 10.6. The molecule has 0 aliphatic carbocycles. The van der Waals surface area contributed by atoms with E-state index in [0.717, 1.165) is 48.9 Å². The number of hydrogen-bond acceptors (Lipinski definition) is 6. The minimum atomic E-state index is -0.122. The van der Waals surface area contributed by atoms with Gasteiger partial charge in [-0.2, -0.15) is 9.61 Å². The van der Waals surface area contributed by atoms with E-state index in [-0.39, 0.29) is 5.92 Å². The fraction of sp³-hybridized carbons (Fsp3) is 0.0286. The van der Waals surface area contributed by atoms with E-state index >= 15 is 0 Å². The van der Waals surface area contributed by atoms with E-state index < -0.39 is 0 Å². The van der Waals surface area contributed by atoms with Gasteiger partial charge in [-0.05, 0) is 47.5 Å². The van der Waals surface area contributed by atoms with Crippen molar-refractivity contribution in [3.8, 4) is 33.3 Å². The Balaban J connectivity index is 1.27. The Labute approximate surface area is 255 Å². The number of rotatable bonds is 6. The Morgan fingerprint density at radius 2 is 1.35 bits per heavy atom. The van der Waals surface area contributed by atoms with Gasteiger partial charge >= 0.3 is 0 Å². The number of hydrogen-bond donors (Lipinski definition) is 0. The normalized spacial score (nSPS) is 11.6. The van der Waals surface area contributed by atoms with Crippen molar-refractivity contribution >= 4 is 38.8 Å². The average Bonchev–Trinajstić information content (AvgIpc) is 3.80. The van der Waals surface area contributed by atoms with Crippen LogP contribution in [0, 0.1) is 0 Å². The van der Waals surface area contributed by atoms with E-state index in [2.05, 4.69) is 40.5 Å². The molecule has 8 rings (SSSR count). The summed E-state index contributed by atoms with van der Waals surface area (Å²) in [6.45, 7) is 0. The molecule has 43 heavy (non-hydrogen) atoms. The lowest BCUT2D eigenvalue weighted by molar-refractivity contribution is 0.595. The van der Waals surface area contributed by atoms with Crippen LogP contribution in [-0.4, -0.2) is 24.8 Å². The number of nitrogens with zero attached hydrogens (tertiary/aromatic N) is 5. The molecule has 0 N–H and O–H groups in total. The number of fused-ring (bicyclic) bond motifs is 2. The summed E-state index contributed by atoms with van der Waals surface area (Å²) in [6.07, 6.45) is 0. The molecule has 4 heterocycles. The summed E-state index contributed by atoms with van der Waals surface area (Å²) in [4.78, 5) is 5.67. The fourth-order valence-electron chi connectivity index (χ4n) is 5.46.